The van der Waals surface area contributed by atoms with Crippen LogP contribution in [0.2, 0.25) is 0 Å². The second kappa shape index (κ2) is 17.3. The summed E-state index contributed by atoms with van der Waals surface area (Å²) >= 11 is 0. The van der Waals surface area contributed by atoms with Gasteiger partial charge in [-0.1, -0.05) is 18.2 Å². The molecule has 16 bridgehead atoms. The number of fused-ring (bicyclic) bond motifs is 16. The number of nitrogens with zero attached hydrogens (tertiary/aromatic N) is 12. The molecule has 0 unspecified atom stereocenters. The van der Waals surface area contributed by atoms with Crippen LogP contribution >= 0.6 is 0 Å². The Hall–Kier alpha value is -4.56. The first-order chi connectivity index (χ1) is 25.6. The zero-order valence-electron chi connectivity index (χ0n) is 29.5. The standard InChI is InChI=1S/2C20H20N6.2Ag/c1-3-17-11-23-7-9-25(15-23)13-19-5-2-6-20(22-19)14-26-10-8-24(16-26)12-18(4-1)21-17;1-2-19-13-25-6-4-23(15-25)11-17-8-18(10-21-9-17)12-24-5-7-26(16-24)14-20(3-1)22-19;;/h2*1-10,15-16H,11-14H2;;/q2*-2;;. The maximum Gasteiger partial charge on any atom is 0.0576 e. The van der Waals surface area contributed by atoms with Gasteiger partial charge in [0, 0.05) is 110 Å². The molecule has 0 aromatic carbocycles. The fourth-order valence-electron chi connectivity index (χ4n) is 6.88. The Balaban J connectivity index is 0.000000161. The Morgan fingerprint density at radius 2 is 0.593 bits per heavy atom. The summed E-state index contributed by atoms with van der Waals surface area (Å²) < 4.78 is 0. The fourth-order valence-corrected chi connectivity index (χ4v) is 6.88. The normalized spacial score (nSPS) is 18.1. The summed E-state index contributed by atoms with van der Waals surface area (Å²) in [6.45, 7) is 14.7. The number of pyridine rings is 4. The van der Waals surface area contributed by atoms with Crippen LogP contribution in [0.15, 0.2) is 123 Å². The van der Waals surface area contributed by atoms with Gasteiger partial charge < -0.3 is 39.2 Å². The van der Waals surface area contributed by atoms with Crippen LogP contribution in [0.5, 0.6) is 0 Å². The van der Waals surface area contributed by atoms with Crippen molar-refractivity contribution in [1.82, 2.24) is 59.1 Å². The average molecular weight is 905 g/mol. The monoisotopic (exact) mass is 902 g/mol. The maximum absolute atomic E-state index is 4.82. The predicted octanol–water partition coefficient (Wildman–Crippen LogP) is 5.21. The van der Waals surface area contributed by atoms with Crippen molar-refractivity contribution in [3.8, 4) is 0 Å². The maximum atomic E-state index is 4.82. The number of rotatable bonds is 0. The SMILES string of the molecule is C1=CN2[CH-]N1Cc1cccc(n1)CN1C=CN([CH-]1)Cc1cccc(n1)C2.C1=CN2[CH-]N1Cc1cncc(c1)CN1C=CN([CH-]1)Cc1cccc(n1)C2.[Ag].[Ag]. The van der Waals surface area contributed by atoms with Crippen molar-refractivity contribution >= 4 is 0 Å². The van der Waals surface area contributed by atoms with Crippen LogP contribution in [0, 0.1) is 26.7 Å². The summed E-state index contributed by atoms with van der Waals surface area (Å²) in [5, 5.41) is 0. The van der Waals surface area contributed by atoms with Gasteiger partial charge in [-0.25, -0.2) is 0 Å². The molecular weight excluding hydrogens is 864 g/mol. The Morgan fingerprint density at radius 3 is 0.852 bits per heavy atom. The second-order valence-electron chi connectivity index (χ2n) is 13.6. The van der Waals surface area contributed by atoms with E-state index in [0.29, 0.717) is 0 Å². The quantitative estimate of drug-likeness (QED) is 0.172. The van der Waals surface area contributed by atoms with E-state index in [1.807, 2.05) is 12.4 Å². The van der Waals surface area contributed by atoms with E-state index in [1.54, 1.807) is 0 Å². The van der Waals surface area contributed by atoms with Crippen molar-refractivity contribution in [3.05, 3.63) is 195 Å². The number of hydrogen-bond acceptors (Lipinski definition) is 12. The van der Waals surface area contributed by atoms with Crippen molar-refractivity contribution in [3.63, 3.8) is 0 Å². The van der Waals surface area contributed by atoms with Gasteiger partial charge in [-0.05, 0) is 103 Å². The molecule has 0 atom stereocenters. The molecule has 12 nitrogen and oxygen atoms in total. The molecule has 6 aliphatic rings. The van der Waals surface area contributed by atoms with E-state index in [2.05, 4.69) is 181 Å². The zero-order valence-corrected chi connectivity index (χ0v) is 32.4. The minimum atomic E-state index is 0. The summed E-state index contributed by atoms with van der Waals surface area (Å²) in [4.78, 5) is 36.2. The van der Waals surface area contributed by atoms with Crippen molar-refractivity contribution in [1.29, 1.82) is 0 Å². The Labute approximate surface area is 348 Å². The van der Waals surface area contributed by atoms with Gasteiger partial charge in [0.25, 0.3) is 0 Å². The van der Waals surface area contributed by atoms with E-state index in [9.17, 15) is 0 Å². The largest absolute Gasteiger partial charge is 0.505 e. The molecule has 10 heterocycles. The van der Waals surface area contributed by atoms with Gasteiger partial charge in [0.1, 0.15) is 0 Å². The molecule has 0 saturated heterocycles. The molecule has 10 rings (SSSR count). The van der Waals surface area contributed by atoms with Crippen LogP contribution in [-0.4, -0.2) is 59.1 Å². The second-order valence-corrected chi connectivity index (χ2v) is 13.6. The first-order valence-electron chi connectivity index (χ1n) is 17.6. The molecule has 6 aliphatic heterocycles. The van der Waals surface area contributed by atoms with Crippen LogP contribution in [0.25, 0.3) is 0 Å². The number of aromatic nitrogens is 4. The fraction of sp³-hybridized carbons (Fsp3) is 0.200. The van der Waals surface area contributed by atoms with E-state index in [4.69, 9.17) is 15.0 Å². The van der Waals surface area contributed by atoms with Crippen LogP contribution in [-0.2, 0) is 97.1 Å². The van der Waals surface area contributed by atoms with E-state index in [0.717, 1.165) is 86.5 Å². The molecule has 4 aromatic rings. The minimum absolute atomic E-state index is 0. The van der Waals surface area contributed by atoms with Crippen LogP contribution in [0.3, 0.4) is 0 Å². The van der Waals surface area contributed by atoms with Gasteiger partial charge in [-0.3, -0.25) is 19.9 Å². The summed E-state index contributed by atoms with van der Waals surface area (Å²) in [6.07, 6.45) is 20.6. The molecule has 286 valence electrons. The van der Waals surface area contributed by atoms with Gasteiger partial charge in [0.2, 0.25) is 0 Å². The van der Waals surface area contributed by atoms with Gasteiger partial charge in [-0.15, -0.1) is 0 Å². The molecule has 0 aliphatic carbocycles. The Kier molecular flexibility index (Phi) is 12.1. The van der Waals surface area contributed by atoms with Crippen molar-refractivity contribution in [2.24, 2.45) is 0 Å². The molecule has 4 aromatic heterocycles. The van der Waals surface area contributed by atoms with E-state index >= 15 is 0 Å². The van der Waals surface area contributed by atoms with Crippen molar-refractivity contribution < 1.29 is 44.8 Å². The molecular formula is C40H40Ag2N12-4. The third-order valence-corrected chi connectivity index (χ3v) is 9.23. The van der Waals surface area contributed by atoms with Gasteiger partial charge in [0.05, 0.1) is 34.2 Å². The molecule has 0 saturated carbocycles. The first kappa shape index (κ1) is 37.7. The molecule has 14 heteroatoms. The summed E-state index contributed by atoms with van der Waals surface area (Å²) in [5.74, 6) is 0. The summed E-state index contributed by atoms with van der Waals surface area (Å²) in [6, 6.07) is 21.0. The van der Waals surface area contributed by atoms with Crippen LogP contribution in [0.4, 0.5) is 0 Å². The van der Waals surface area contributed by atoms with Gasteiger partial charge in [0.15, 0.2) is 0 Å². The first-order valence-corrected chi connectivity index (χ1v) is 17.6. The average Bonchev–Trinajstić information content (AvgIpc) is 3.96. The van der Waals surface area contributed by atoms with Gasteiger partial charge >= 0.3 is 0 Å². The molecule has 2 radical (unpaired) electrons. The summed E-state index contributed by atoms with van der Waals surface area (Å²) in [5.41, 5.74) is 8.82. The molecule has 54 heavy (non-hydrogen) atoms. The van der Waals surface area contributed by atoms with E-state index in [1.165, 1.54) is 11.1 Å². The van der Waals surface area contributed by atoms with Crippen LogP contribution in [0.1, 0.15) is 45.3 Å². The molecule has 0 N–H and O–H groups in total. The van der Waals surface area contributed by atoms with E-state index in [-0.39, 0.29) is 44.8 Å². The predicted molar refractivity (Wildman–Crippen MR) is 195 cm³/mol. The topological polar surface area (TPSA) is 77.5 Å². The van der Waals surface area contributed by atoms with Crippen molar-refractivity contribution in [2.75, 3.05) is 0 Å². The van der Waals surface area contributed by atoms with Crippen molar-refractivity contribution in [2.45, 2.75) is 52.4 Å². The molecule has 0 fully saturated rings. The number of hydrogen-bond donors (Lipinski definition) is 0. The summed E-state index contributed by atoms with van der Waals surface area (Å²) in [7, 11) is 0. The Morgan fingerprint density at radius 1 is 0.352 bits per heavy atom. The third kappa shape index (κ3) is 9.56. The third-order valence-electron chi connectivity index (χ3n) is 9.23. The molecule has 0 spiro atoms. The minimum Gasteiger partial charge on any atom is -0.505 e. The van der Waals surface area contributed by atoms with E-state index < -0.39 is 0 Å². The Bertz CT molecular complexity index is 1620. The van der Waals surface area contributed by atoms with Gasteiger partial charge in [-0.2, -0.15) is 26.7 Å². The van der Waals surface area contributed by atoms with Crippen LogP contribution < -0.4 is 0 Å². The smallest absolute Gasteiger partial charge is 0.0576 e. The zero-order chi connectivity index (χ0) is 34.7. The molecule has 0 amide bonds.